The van der Waals surface area contributed by atoms with Gasteiger partial charge < -0.3 is 10.2 Å². The molecule has 1 N–H and O–H groups in total. The summed E-state index contributed by atoms with van der Waals surface area (Å²) in [6, 6.07) is 3.97. The van der Waals surface area contributed by atoms with Gasteiger partial charge in [-0.3, -0.25) is 4.79 Å². The molecule has 0 radical (unpaired) electrons. The van der Waals surface area contributed by atoms with Crippen molar-refractivity contribution in [2.24, 2.45) is 5.92 Å². The van der Waals surface area contributed by atoms with Crippen LogP contribution in [-0.4, -0.2) is 40.6 Å². The molecule has 2 bridgehead atoms. The zero-order valence-electron chi connectivity index (χ0n) is 9.89. The van der Waals surface area contributed by atoms with Gasteiger partial charge in [-0.25, -0.2) is 0 Å². The molecule has 2 aliphatic rings. The Morgan fingerprint density at radius 1 is 1.41 bits per heavy atom. The second-order valence-electron chi connectivity index (χ2n) is 4.84. The smallest absolute Gasteiger partial charge is 0.274 e. The number of fused-ring (bicyclic) bond motifs is 2. The molecule has 1 aliphatic heterocycles. The maximum atomic E-state index is 12.2. The van der Waals surface area contributed by atoms with E-state index < -0.39 is 0 Å². The quantitative estimate of drug-likeness (QED) is 0.830. The molecule has 5 heteroatoms. The molecule has 17 heavy (non-hydrogen) atoms. The lowest BCUT2D eigenvalue weighted by Crippen LogP contribution is -2.38. The lowest BCUT2D eigenvalue weighted by molar-refractivity contribution is 0.0696. The first kappa shape index (κ1) is 10.5. The van der Waals surface area contributed by atoms with E-state index in [1.165, 1.54) is 12.8 Å². The molecular formula is C12H16N4O. The van der Waals surface area contributed by atoms with Crippen molar-refractivity contribution in [1.29, 1.82) is 0 Å². The summed E-state index contributed by atoms with van der Waals surface area (Å²) in [6.45, 7) is 0.902. The number of anilines is 1. The van der Waals surface area contributed by atoms with Gasteiger partial charge in [-0.1, -0.05) is 0 Å². The van der Waals surface area contributed by atoms with E-state index >= 15 is 0 Å². The Morgan fingerprint density at radius 2 is 2.29 bits per heavy atom. The third-order valence-corrected chi connectivity index (χ3v) is 3.81. The molecule has 1 saturated heterocycles. The van der Waals surface area contributed by atoms with Crippen LogP contribution in [0.4, 0.5) is 5.82 Å². The molecule has 0 spiro atoms. The zero-order chi connectivity index (χ0) is 11.8. The number of aromatic nitrogens is 2. The van der Waals surface area contributed by atoms with E-state index in [-0.39, 0.29) is 5.91 Å². The van der Waals surface area contributed by atoms with E-state index in [1.807, 2.05) is 4.90 Å². The number of rotatable bonds is 2. The minimum Gasteiger partial charge on any atom is -0.372 e. The highest BCUT2D eigenvalue weighted by Crippen LogP contribution is 2.37. The van der Waals surface area contributed by atoms with Gasteiger partial charge in [-0.05, 0) is 37.3 Å². The summed E-state index contributed by atoms with van der Waals surface area (Å²) in [5, 5.41) is 10.8. The van der Waals surface area contributed by atoms with E-state index in [9.17, 15) is 4.79 Å². The summed E-state index contributed by atoms with van der Waals surface area (Å²) in [7, 11) is 1.78. The summed E-state index contributed by atoms with van der Waals surface area (Å²) in [5.74, 6) is 1.44. The van der Waals surface area contributed by atoms with Crippen molar-refractivity contribution in [2.75, 3.05) is 18.9 Å². The molecule has 1 aliphatic carbocycles. The molecule has 1 amide bonds. The maximum absolute atomic E-state index is 12.2. The number of carbonyl (C=O) groups excluding carboxylic acids is 1. The zero-order valence-corrected chi connectivity index (χ0v) is 9.89. The predicted molar refractivity (Wildman–Crippen MR) is 63.7 cm³/mol. The van der Waals surface area contributed by atoms with Gasteiger partial charge in [0.1, 0.15) is 5.82 Å². The van der Waals surface area contributed by atoms with E-state index in [2.05, 4.69) is 15.5 Å². The number of amides is 1. The Bertz CT molecular complexity index is 431. The van der Waals surface area contributed by atoms with Gasteiger partial charge in [-0.15, -0.1) is 10.2 Å². The van der Waals surface area contributed by atoms with Crippen molar-refractivity contribution in [2.45, 2.75) is 25.3 Å². The molecule has 2 heterocycles. The molecule has 5 nitrogen and oxygen atoms in total. The minimum absolute atomic E-state index is 0.0346. The van der Waals surface area contributed by atoms with Crippen LogP contribution in [0.15, 0.2) is 12.1 Å². The van der Waals surface area contributed by atoms with Gasteiger partial charge in [0.25, 0.3) is 5.91 Å². The molecule has 3 rings (SSSR count). The minimum atomic E-state index is 0.0346. The van der Waals surface area contributed by atoms with Crippen molar-refractivity contribution in [3.63, 3.8) is 0 Å². The van der Waals surface area contributed by atoms with Gasteiger partial charge >= 0.3 is 0 Å². The Morgan fingerprint density at radius 3 is 2.82 bits per heavy atom. The highest BCUT2D eigenvalue weighted by Gasteiger charge is 2.40. The summed E-state index contributed by atoms with van der Waals surface area (Å²) in [4.78, 5) is 14.2. The van der Waals surface area contributed by atoms with Crippen molar-refractivity contribution in [1.82, 2.24) is 15.1 Å². The Hall–Kier alpha value is -1.65. The first-order chi connectivity index (χ1) is 8.28. The molecule has 2 unspecified atom stereocenters. The van der Waals surface area contributed by atoms with E-state index in [0.717, 1.165) is 13.0 Å². The van der Waals surface area contributed by atoms with Crippen LogP contribution in [0.3, 0.4) is 0 Å². The van der Waals surface area contributed by atoms with E-state index in [0.29, 0.717) is 23.5 Å². The molecule has 1 saturated carbocycles. The third kappa shape index (κ3) is 1.75. The number of likely N-dealkylation sites (tertiary alicyclic amines) is 1. The average molecular weight is 232 g/mol. The Balaban J connectivity index is 1.77. The van der Waals surface area contributed by atoms with Gasteiger partial charge in [0.15, 0.2) is 5.69 Å². The van der Waals surface area contributed by atoms with Crippen LogP contribution in [0.25, 0.3) is 0 Å². The topological polar surface area (TPSA) is 58.1 Å². The van der Waals surface area contributed by atoms with Crippen molar-refractivity contribution in [3.8, 4) is 0 Å². The molecule has 0 aromatic carbocycles. The number of nitrogens with zero attached hydrogens (tertiary/aromatic N) is 3. The number of carbonyl (C=O) groups is 1. The van der Waals surface area contributed by atoms with Crippen molar-refractivity contribution < 1.29 is 4.79 Å². The highest BCUT2D eigenvalue weighted by molar-refractivity contribution is 5.92. The second-order valence-corrected chi connectivity index (χ2v) is 4.84. The average Bonchev–Trinajstić information content (AvgIpc) is 3.00. The summed E-state index contributed by atoms with van der Waals surface area (Å²) in [6.07, 6.45) is 3.60. The molecule has 2 fully saturated rings. The molecule has 1 aromatic heterocycles. The molecular weight excluding hydrogens is 216 g/mol. The number of hydrogen-bond donors (Lipinski definition) is 1. The van der Waals surface area contributed by atoms with Gasteiger partial charge in [0, 0.05) is 19.6 Å². The molecule has 2 atom stereocenters. The maximum Gasteiger partial charge on any atom is 0.274 e. The summed E-state index contributed by atoms with van der Waals surface area (Å²) < 4.78 is 0. The second kappa shape index (κ2) is 3.98. The highest BCUT2D eigenvalue weighted by atomic mass is 16.2. The third-order valence-electron chi connectivity index (χ3n) is 3.81. The number of hydrogen-bond acceptors (Lipinski definition) is 4. The monoisotopic (exact) mass is 232 g/mol. The van der Waals surface area contributed by atoms with Crippen LogP contribution in [0, 0.1) is 5.92 Å². The van der Waals surface area contributed by atoms with Gasteiger partial charge in [-0.2, -0.15) is 0 Å². The number of piperidine rings is 1. The fraction of sp³-hybridized carbons (Fsp3) is 0.583. The first-order valence-corrected chi connectivity index (χ1v) is 6.10. The van der Waals surface area contributed by atoms with Crippen molar-refractivity contribution in [3.05, 3.63) is 17.8 Å². The van der Waals surface area contributed by atoms with Crippen LogP contribution in [0.1, 0.15) is 29.8 Å². The lowest BCUT2D eigenvalue weighted by Gasteiger charge is -2.26. The van der Waals surface area contributed by atoms with Crippen LogP contribution in [0.5, 0.6) is 0 Å². The summed E-state index contributed by atoms with van der Waals surface area (Å²) in [5.41, 5.74) is 0.455. The SMILES string of the molecule is CNc1ccc(C(=O)N2CC3CCC2C3)nn1. The summed E-state index contributed by atoms with van der Waals surface area (Å²) >= 11 is 0. The largest absolute Gasteiger partial charge is 0.372 e. The lowest BCUT2D eigenvalue weighted by atomic mass is 10.1. The van der Waals surface area contributed by atoms with E-state index in [4.69, 9.17) is 0 Å². The van der Waals surface area contributed by atoms with Crippen LogP contribution in [-0.2, 0) is 0 Å². The van der Waals surface area contributed by atoms with Gasteiger partial charge in [0.2, 0.25) is 0 Å². The fourth-order valence-corrected chi connectivity index (χ4v) is 2.90. The predicted octanol–water partition coefficient (Wildman–Crippen LogP) is 1.14. The Labute approximate surface area is 100 Å². The first-order valence-electron chi connectivity index (χ1n) is 6.10. The van der Waals surface area contributed by atoms with Crippen LogP contribution < -0.4 is 5.32 Å². The van der Waals surface area contributed by atoms with E-state index in [1.54, 1.807) is 19.2 Å². The van der Waals surface area contributed by atoms with Crippen molar-refractivity contribution >= 4 is 11.7 Å². The van der Waals surface area contributed by atoms with Gasteiger partial charge in [0.05, 0.1) is 0 Å². The molecule has 1 aromatic rings. The fourth-order valence-electron chi connectivity index (χ4n) is 2.90. The molecule has 90 valence electrons. The Kier molecular flexibility index (Phi) is 2.46. The standard InChI is InChI=1S/C12H16N4O/c1-13-11-5-4-10(14-15-11)12(17)16-7-8-2-3-9(16)6-8/h4-5,8-9H,2-3,6-7H2,1H3,(H,13,15). The number of nitrogens with one attached hydrogen (secondary N) is 1. The van der Waals surface area contributed by atoms with Crippen LogP contribution >= 0.6 is 0 Å². The normalized spacial score (nSPS) is 26.3. The van der Waals surface area contributed by atoms with Crippen LogP contribution in [0.2, 0.25) is 0 Å².